The third-order valence-electron chi connectivity index (χ3n) is 3.13. The molecule has 0 bridgehead atoms. The fourth-order valence-electron chi connectivity index (χ4n) is 2.44. The average molecular weight is 246 g/mol. The fourth-order valence-corrected chi connectivity index (χ4v) is 3.20. The molecule has 2 aliphatic rings. The number of halogens is 1. The highest BCUT2D eigenvalue weighted by Gasteiger charge is 2.30. The molecule has 1 aliphatic carbocycles. The minimum atomic E-state index is 0.381. The van der Waals surface area contributed by atoms with Crippen molar-refractivity contribution in [2.24, 2.45) is 0 Å². The van der Waals surface area contributed by atoms with Gasteiger partial charge < -0.3 is 4.90 Å². The lowest BCUT2D eigenvalue weighted by Gasteiger charge is -2.33. The molecule has 0 aromatic rings. The van der Waals surface area contributed by atoms with E-state index in [1.807, 2.05) is 0 Å². The van der Waals surface area contributed by atoms with Crippen LogP contribution < -0.4 is 0 Å². The molecule has 74 valence electrons. The Hall–Kier alpha value is -0.0500. The molecule has 0 aromatic heterocycles. The van der Waals surface area contributed by atoms with Gasteiger partial charge in [0.1, 0.15) is 0 Å². The van der Waals surface area contributed by atoms with Crippen LogP contribution in [0.1, 0.15) is 38.5 Å². The third-order valence-corrected chi connectivity index (χ3v) is 3.96. The Morgan fingerprint density at radius 2 is 2.15 bits per heavy atom. The van der Waals surface area contributed by atoms with E-state index in [0.717, 1.165) is 25.8 Å². The Balaban J connectivity index is 1.95. The lowest BCUT2D eigenvalue weighted by atomic mass is 9.94. The quantitative estimate of drug-likeness (QED) is 0.650. The molecule has 0 aromatic carbocycles. The molecule has 13 heavy (non-hydrogen) atoms. The van der Waals surface area contributed by atoms with E-state index in [-0.39, 0.29) is 0 Å². The van der Waals surface area contributed by atoms with Crippen LogP contribution in [0.3, 0.4) is 0 Å². The smallest absolute Gasteiger partial charge is 0.222 e. The molecular formula is C10H16BrNO. The Morgan fingerprint density at radius 3 is 2.77 bits per heavy atom. The zero-order valence-corrected chi connectivity index (χ0v) is 9.42. The van der Waals surface area contributed by atoms with Crippen molar-refractivity contribution in [1.82, 2.24) is 4.90 Å². The van der Waals surface area contributed by atoms with Crippen LogP contribution >= 0.6 is 15.9 Å². The van der Waals surface area contributed by atoms with Gasteiger partial charge in [-0.1, -0.05) is 22.4 Å². The number of carbonyl (C=O) groups excluding carboxylic acids is 1. The van der Waals surface area contributed by atoms with Crippen LogP contribution in [0, 0.1) is 0 Å². The fraction of sp³-hybridized carbons (Fsp3) is 0.900. The van der Waals surface area contributed by atoms with E-state index in [4.69, 9.17) is 0 Å². The van der Waals surface area contributed by atoms with Gasteiger partial charge in [-0.25, -0.2) is 0 Å². The predicted molar refractivity (Wildman–Crippen MR) is 55.9 cm³/mol. The summed E-state index contributed by atoms with van der Waals surface area (Å²) >= 11 is 3.66. The van der Waals surface area contributed by atoms with Crippen molar-refractivity contribution in [3.05, 3.63) is 0 Å². The Bertz CT molecular complexity index is 207. The van der Waals surface area contributed by atoms with Crippen LogP contribution in [0.15, 0.2) is 0 Å². The highest BCUT2D eigenvalue weighted by atomic mass is 79.9. The first-order chi connectivity index (χ1) is 6.27. The predicted octanol–water partition coefficient (Wildman–Crippen LogP) is 2.31. The van der Waals surface area contributed by atoms with Gasteiger partial charge in [0, 0.05) is 23.8 Å². The first-order valence-electron chi connectivity index (χ1n) is 5.21. The highest BCUT2D eigenvalue weighted by molar-refractivity contribution is 9.09. The van der Waals surface area contributed by atoms with Crippen molar-refractivity contribution in [3.8, 4) is 0 Å². The monoisotopic (exact) mass is 245 g/mol. The van der Waals surface area contributed by atoms with E-state index in [0.29, 0.717) is 16.8 Å². The summed E-state index contributed by atoms with van der Waals surface area (Å²) < 4.78 is 0. The minimum Gasteiger partial charge on any atom is -0.340 e. The zero-order valence-electron chi connectivity index (χ0n) is 7.84. The molecule has 2 atom stereocenters. The average Bonchev–Trinajstić information content (AvgIpc) is 2.51. The summed E-state index contributed by atoms with van der Waals surface area (Å²) in [5.74, 6) is 0.381. The maximum absolute atomic E-state index is 11.5. The van der Waals surface area contributed by atoms with Crippen molar-refractivity contribution < 1.29 is 4.79 Å². The molecule has 0 radical (unpaired) electrons. The van der Waals surface area contributed by atoms with Gasteiger partial charge in [-0.15, -0.1) is 0 Å². The van der Waals surface area contributed by atoms with Crippen LogP contribution in [0.2, 0.25) is 0 Å². The lowest BCUT2D eigenvalue weighted by Crippen LogP contribution is -2.39. The first kappa shape index (κ1) is 9.50. The van der Waals surface area contributed by atoms with E-state index in [1.165, 1.54) is 19.3 Å². The van der Waals surface area contributed by atoms with Gasteiger partial charge in [-0.05, 0) is 25.7 Å². The molecule has 1 saturated heterocycles. The van der Waals surface area contributed by atoms with Gasteiger partial charge in [0.15, 0.2) is 0 Å². The van der Waals surface area contributed by atoms with E-state index in [1.54, 1.807) is 0 Å². The van der Waals surface area contributed by atoms with E-state index in [9.17, 15) is 4.79 Å². The molecule has 1 aliphatic heterocycles. The summed E-state index contributed by atoms with van der Waals surface area (Å²) in [6.07, 6.45) is 6.77. The number of hydrogen-bond acceptors (Lipinski definition) is 1. The number of carbonyl (C=O) groups is 1. The normalized spacial score (nSPS) is 35.5. The summed E-state index contributed by atoms with van der Waals surface area (Å²) in [5.41, 5.74) is 0. The molecule has 0 spiro atoms. The third kappa shape index (κ3) is 2.06. The summed E-state index contributed by atoms with van der Waals surface area (Å²) in [5, 5.41) is 0. The van der Waals surface area contributed by atoms with Crippen LogP contribution in [-0.2, 0) is 4.79 Å². The van der Waals surface area contributed by atoms with Crippen LogP contribution in [-0.4, -0.2) is 28.2 Å². The molecule has 3 heteroatoms. The maximum Gasteiger partial charge on any atom is 0.222 e. The summed E-state index contributed by atoms with van der Waals surface area (Å²) in [4.78, 5) is 14.2. The van der Waals surface area contributed by atoms with Crippen LogP contribution in [0.4, 0.5) is 0 Å². The molecular weight excluding hydrogens is 230 g/mol. The topological polar surface area (TPSA) is 20.3 Å². The number of alkyl halides is 1. The van der Waals surface area contributed by atoms with Gasteiger partial charge in [0.2, 0.25) is 5.91 Å². The van der Waals surface area contributed by atoms with Gasteiger partial charge in [0.05, 0.1) is 0 Å². The first-order valence-corrected chi connectivity index (χ1v) is 6.12. The van der Waals surface area contributed by atoms with E-state index in [2.05, 4.69) is 20.8 Å². The second-order valence-corrected chi connectivity index (χ2v) is 5.40. The molecule has 0 N–H and O–H groups in total. The van der Waals surface area contributed by atoms with Crippen LogP contribution in [0.25, 0.3) is 0 Å². The van der Waals surface area contributed by atoms with Crippen molar-refractivity contribution in [1.29, 1.82) is 0 Å². The Kier molecular flexibility index (Phi) is 2.92. The lowest BCUT2D eigenvalue weighted by molar-refractivity contribution is -0.130. The molecule has 2 fully saturated rings. The second kappa shape index (κ2) is 3.99. The molecule has 2 unspecified atom stereocenters. The summed E-state index contributed by atoms with van der Waals surface area (Å²) in [6.45, 7) is 1.00. The van der Waals surface area contributed by atoms with E-state index < -0.39 is 0 Å². The zero-order chi connectivity index (χ0) is 9.26. The van der Waals surface area contributed by atoms with Crippen LogP contribution in [0.5, 0.6) is 0 Å². The van der Waals surface area contributed by atoms with Gasteiger partial charge in [0.25, 0.3) is 0 Å². The van der Waals surface area contributed by atoms with Gasteiger partial charge in [-0.3, -0.25) is 4.79 Å². The van der Waals surface area contributed by atoms with Crippen molar-refractivity contribution >= 4 is 21.8 Å². The standard InChI is InChI=1S/C10H16BrNO/c11-8-3-1-4-9(7-8)12-6-2-5-10(12)13/h8-9H,1-7H2. The largest absolute Gasteiger partial charge is 0.340 e. The number of likely N-dealkylation sites (tertiary alicyclic amines) is 1. The second-order valence-electron chi connectivity index (χ2n) is 4.11. The SMILES string of the molecule is O=C1CCCN1C1CCCC(Br)C1. The molecule has 2 rings (SSSR count). The Labute approximate surface area is 87.8 Å². The number of hydrogen-bond donors (Lipinski definition) is 0. The van der Waals surface area contributed by atoms with Crippen molar-refractivity contribution in [3.63, 3.8) is 0 Å². The Morgan fingerprint density at radius 1 is 1.31 bits per heavy atom. The van der Waals surface area contributed by atoms with Gasteiger partial charge >= 0.3 is 0 Å². The number of rotatable bonds is 1. The maximum atomic E-state index is 11.5. The minimum absolute atomic E-state index is 0.381. The summed E-state index contributed by atoms with van der Waals surface area (Å²) in [7, 11) is 0. The highest BCUT2D eigenvalue weighted by Crippen LogP contribution is 2.29. The molecule has 1 heterocycles. The van der Waals surface area contributed by atoms with Crippen molar-refractivity contribution in [2.75, 3.05) is 6.54 Å². The van der Waals surface area contributed by atoms with Gasteiger partial charge in [-0.2, -0.15) is 0 Å². The molecule has 2 nitrogen and oxygen atoms in total. The molecule has 1 amide bonds. The number of nitrogens with zero attached hydrogens (tertiary/aromatic N) is 1. The van der Waals surface area contributed by atoms with E-state index >= 15 is 0 Å². The molecule has 1 saturated carbocycles. The number of amides is 1. The summed E-state index contributed by atoms with van der Waals surface area (Å²) in [6, 6.07) is 0.535. The van der Waals surface area contributed by atoms with Crippen molar-refractivity contribution in [2.45, 2.75) is 49.4 Å².